The highest BCUT2D eigenvalue weighted by Gasteiger charge is 2.47. The molecule has 18 heavy (non-hydrogen) atoms. The fourth-order valence-electron chi connectivity index (χ4n) is 3.78. The molecule has 1 saturated carbocycles. The summed E-state index contributed by atoms with van der Waals surface area (Å²) in [6.07, 6.45) is 5.88. The monoisotopic (exact) mass is 253 g/mol. The Balaban J connectivity index is 1.90. The lowest BCUT2D eigenvalue weighted by Crippen LogP contribution is -2.40. The average molecular weight is 253 g/mol. The van der Waals surface area contributed by atoms with Gasteiger partial charge in [0.05, 0.1) is 0 Å². The fourth-order valence-corrected chi connectivity index (χ4v) is 3.78. The van der Waals surface area contributed by atoms with E-state index in [4.69, 9.17) is 0 Å². The van der Waals surface area contributed by atoms with Gasteiger partial charge in [0, 0.05) is 6.54 Å². The molecule has 0 aromatic rings. The first-order valence-electron chi connectivity index (χ1n) is 7.35. The van der Waals surface area contributed by atoms with E-state index in [1.165, 1.54) is 19.3 Å². The molecule has 1 N–H and O–H groups in total. The first-order chi connectivity index (χ1) is 8.38. The van der Waals surface area contributed by atoms with Crippen molar-refractivity contribution in [3.8, 4) is 0 Å². The van der Waals surface area contributed by atoms with Gasteiger partial charge in [-0.15, -0.1) is 0 Å². The van der Waals surface area contributed by atoms with Gasteiger partial charge >= 0.3 is 5.97 Å². The third kappa shape index (κ3) is 3.05. The number of carbonyl (C=O) groups is 1. The van der Waals surface area contributed by atoms with Crippen molar-refractivity contribution in [2.45, 2.75) is 58.9 Å². The van der Waals surface area contributed by atoms with Crippen molar-refractivity contribution in [2.75, 3.05) is 13.1 Å². The summed E-state index contributed by atoms with van der Waals surface area (Å²) in [5, 5.41) is 9.45. The summed E-state index contributed by atoms with van der Waals surface area (Å²) in [7, 11) is 0. The van der Waals surface area contributed by atoms with Gasteiger partial charge in [-0.1, -0.05) is 27.2 Å². The summed E-state index contributed by atoms with van der Waals surface area (Å²) >= 11 is 0. The lowest BCUT2D eigenvalue weighted by atomic mass is 9.90. The Morgan fingerprint density at radius 2 is 2.06 bits per heavy atom. The molecule has 2 aliphatic rings. The van der Waals surface area contributed by atoms with Gasteiger partial charge in [0.2, 0.25) is 0 Å². The van der Waals surface area contributed by atoms with Crippen molar-refractivity contribution in [1.29, 1.82) is 0 Å². The molecule has 0 amide bonds. The highest BCUT2D eigenvalue weighted by molar-refractivity contribution is 5.74. The average Bonchev–Trinajstić information content (AvgIpc) is 2.73. The number of aliphatic carboxylic acids is 1. The zero-order valence-electron chi connectivity index (χ0n) is 12.0. The summed E-state index contributed by atoms with van der Waals surface area (Å²) in [5.74, 6) is 0.484. The summed E-state index contributed by atoms with van der Waals surface area (Å²) in [6, 6.07) is -0.197. The van der Waals surface area contributed by atoms with Crippen LogP contribution in [0.3, 0.4) is 0 Å². The highest BCUT2D eigenvalue weighted by Crippen LogP contribution is 2.42. The molecule has 0 spiro atoms. The quantitative estimate of drug-likeness (QED) is 0.837. The molecule has 0 bridgehead atoms. The lowest BCUT2D eigenvalue weighted by Gasteiger charge is -2.26. The molecule has 3 atom stereocenters. The molecule has 1 aliphatic carbocycles. The Morgan fingerprint density at radius 3 is 2.67 bits per heavy atom. The van der Waals surface area contributed by atoms with E-state index in [0.717, 1.165) is 25.9 Å². The fraction of sp³-hybridized carbons (Fsp3) is 0.933. The van der Waals surface area contributed by atoms with Crippen LogP contribution in [0.4, 0.5) is 0 Å². The van der Waals surface area contributed by atoms with Gasteiger partial charge in [0.25, 0.3) is 0 Å². The lowest BCUT2D eigenvalue weighted by molar-refractivity contribution is -0.143. The molecule has 104 valence electrons. The maximum Gasteiger partial charge on any atom is 0.321 e. The molecule has 3 heteroatoms. The number of rotatable bonds is 4. The molecule has 1 aliphatic heterocycles. The Hall–Kier alpha value is -0.570. The number of nitrogens with zero attached hydrogens (tertiary/aromatic N) is 1. The van der Waals surface area contributed by atoms with E-state index in [-0.39, 0.29) is 6.04 Å². The van der Waals surface area contributed by atoms with Crippen molar-refractivity contribution < 1.29 is 9.90 Å². The van der Waals surface area contributed by atoms with E-state index >= 15 is 0 Å². The first kappa shape index (κ1) is 13.9. The topological polar surface area (TPSA) is 40.5 Å². The molecule has 2 fully saturated rings. The van der Waals surface area contributed by atoms with Crippen LogP contribution in [0.25, 0.3) is 0 Å². The van der Waals surface area contributed by atoms with Gasteiger partial charge in [-0.05, 0) is 49.5 Å². The summed E-state index contributed by atoms with van der Waals surface area (Å²) in [4.78, 5) is 13.7. The van der Waals surface area contributed by atoms with Crippen LogP contribution in [0.2, 0.25) is 0 Å². The van der Waals surface area contributed by atoms with Crippen molar-refractivity contribution in [3.05, 3.63) is 0 Å². The van der Waals surface area contributed by atoms with E-state index in [1.54, 1.807) is 0 Å². The van der Waals surface area contributed by atoms with Gasteiger partial charge in [-0.3, -0.25) is 9.69 Å². The Labute approximate surface area is 111 Å². The number of fused-ring (bicyclic) bond motifs is 1. The SMILES string of the molecule is CC(C)(C)CCCN1CC2CCCC2C1C(=O)O. The Bertz CT molecular complexity index is 308. The molecule has 3 unspecified atom stereocenters. The first-order valence-corrected chi connectivity index (χ1v) is 7.35. The molecule has 3 nitrogen and oxygen atoms in total. The van der Waals surface area contributed by atoms with Gasteiger partial charge in [0.15, 0.2) is 0 Å². The zero-order chi connectivity index (χ0) is 13.3. The Morgan fingerprint density at radius 1 is 1.33 bits per heavy atom. The van der Waals surface area contributed by atoms with Crippen LogP contribution in [0.15, 0.2) is 0 Å². The van der Waals surface area contributed by atoms with Crippen LogP contribution in [0.1, 0.15) is 52.9 Å². The van der Waals surface area contributed by atoms with E-state index < -0.39 is 5.97 Å². The third-order valence-corrected chi connectivity index (χ3v) is 4.61. The smallest absolute Gasteiger partial charge is 0.321 e. The minimum atomic E-state index is -0.597. The highest BCUT2D eigenvalue weighted by atomic mass is 16.4. The van der Waals surface area contributed by atoms with Gasteiger partial charge in [-0.25, -0.2) is 0 Å². The number of carboxylic acids is 1. The second-order valence-electron chi connectivity index (χ2n) is 7.30. The van der Waals surface area contributed by atoms with Gasteiger partial charge in [0.1, 0.15) is 6.04 Å². The van der Waals surface area contributed by atoms with Crippen molar-refractivity contribution >= 4 is 5.97 Å². The van der Waals surface area contributed by atoms with Crippen molar-refractivity contribution in [3.63, 3.8) is 0 Å². The molecular formula is C15H27NO2. The van der Waals surface area contributed by atoms with Crippen LogP contribution in [0.5, 0.6) is 0 Å². The maximum absolute atomic E-state index is 11.5. The van der Waals surface area contributed by atoms with Crippen LogP contribution in [0, 0.1) is 17.3 Å². The summed E-state index contributed by atoms with van der Waals surface area (Å²) < 4.78 is 0. The second-order valence-corrected chi connectivity index (χ2v) is 7.30. The predicted molar refractivity (Wildman–Crippen MR) is 72.5 cm³/mol. The summed E-state index contributed by atoms with van der Waals surface area (Å²) in [6.45, 7) is 8.73. The van der Waals surface area contributed by atoms with E-state index in [1.807, 2.05) is 0 Å². The van der Waals surface area contributed by atoms with Crippen LogP contribution < -0.4 is 0 Å². The zero-order valence-corrected chi connectivity index (χ0v) is 12.0. The van der Waals surface area contributed by atoms with E-state index in [0.29, 0.717) is 17.3 Å². The molecule has 0 radical (unpaired) electrons. The number of carboxylic acid groups (broad SMARTS) is 1. The molecule has 0 aromatic carbocycles. The number of hydrogen-bond donors (Lipinski definition) is 1. The van der Waals surface area contributed by atoms with E-state index in [2.05, 4.69) is 25.7 Å². The molecule has 2 rings (SSSR count). The van der Waals surface area contributed by atoms with Crippen LogP contribution >= 0.6 is 0 Å². The van der Waals surface area contributed by atoms with Crippen LogP contribution in [-0.2, 0) is 4.79 Å². The molecule has 1 heterocycles. The normalized spacial score (nSPS) is 32.7. The van der Waals surface area contributed by atoms with Gasteiger partial charge < -0.3 is 5.11 Å². The number of hydrogen-bond acceptors (Lipinski definition) is 2. The van der Waals surface area contributed by atoms with Gasteiger partial charge in [-0.2, -0.15) is 0 Å². The molecular weight excluding hydrogens is 226 g/mol. The van der Waals surface area contributed by atoms with Crippen molar-refractivity contribution in [2.24, 2.45) is 17.3 Å². The van der Waals surface area contributed by atoms with Crippen LogP contribution in [-0.4, -0.2) is 35.1 Å². The third-order valence-electron chi connectivity index (χ3n) is 4.61. The second kappa shape index (κ2) is 5.20. The molecule has 0 aromatic heterocycles. The predicted octanol–water partition coefficient (Wildman–Crippen LogP) is 3.00. The largest absolute Gasteiger partial charge is 0.480 e. The minimum Gasteiger partial charge on any atom is -0.480 e. The standard InChI is InChI=1S/C15H27NO2/c1-15(2,3)8-5-9-16-10-11-6-4-7-12(11)13(16)14(17)18/h11-13H,4-10H2,1-3H3,(H,17,18). The van der Waals surface area contributed by atoms with Crippen molar-refractivity contribution in [1.82, 2.24) is 4.90 Å². The molecule has 1 saturated heterocycles. The number of likely N-dealkylation sites (tertiary alicyclic amines) is 1. The minimum absolute atomic E-state index is 0.197. The van der Waals surface area contributed by atoms with E-state index in [9.17, 15) is 9.90 Å². The Kier molecular flexibility index (Phi) is 4.00. The maximum atomic E-state index is 11.5. The summed E-state index contributed by atoms with van der Waals surface area (Å²) in [5.41, 5.74) is 0.355.